The summed E-state index contributed by atoms with van der Waals surface area (Å²) in [5.41, 5.74) is 2.78. The highest BCUT2D eigenvalue weighted by Crippen LogP contribution is 2.30. The van der Waals surface area contributed by atoms with Gasteiger partial charge in [-0.1, -0.05) is 79.6 Å². The molecule has 3 aromatic carbocycles. The minimum Gasteiger partial charge on any atom is -0.465 e. The van der Waals surface area contributed by atoms with Crippen molar-refractivity contribution in [2.75, 3.05) is 7.05 Å². The molecule has 0 unspecified atom stereocenters. The fourth-order valence-corrected chi connectivity index (χ4v) is 4.47. The molecule has 36 heavy (non-hydrogen) atoms. The lowest BCUT2D eigenvalue weighted by Crippen LogP contribution is -2.34. The predicted octanol–water partition coefficient (Wildman–Crippen LogP) is 6.15. The first kappa shape index (κ1) is 25.0. The Hall–Kier alpha value is -4.13. The Morgan fingerprint density at radius 2 is 1.72 bits per heavy atom. The molecule has 0 aliphatic carbocycles. The van der Waals surface area contributed by atoms with Crippen LogP contribution in [-0.4, -0.2) is 39.0 Å². The number of carbonyl (C=O) groups excluding carboxylic acids is 1. The normalized spacial score (nSPS) is 11.8. The van der Waals surface area contributed by atoms with Crippen LogP contribution in [0.3, 0.4) is 0 Å². The number of nitrogens with one attached hydrogen (secondary N) is 2. The number of H-pyrrole nitrogens is 1. The van der Waals surface area contributed by atoms with Crippen LogP contribution in [0.15, 0.2) is 79.0 Å². The van der Waals surface area contributed by atoms with Crippen molar-refractivity contribution in [3.63, 3.8) is 0 Å². The van der Waals surface area contributed by atoms with Crippen LogP contribution in [0, 0.1) is 0 Å². The average Bonchev–Trinajstić information content (AvgIpc) is 3.40. The van der Waals surface area contributed by atoms with E-state index in [4.69, 9.17) is 0 Å². The van der Waals surface area contributed by atoms with Gasteiger partial charge in [-0.15, -0.1) is 0 Å². The summed E-state index contributed by atoms with van der Waals surface area (Å²) in [6, 6.07) is 23.6. The van der Waals surface area contributed by atoms with Crippen LogP contribution in [0.1, 0.15) is 49.5 Å². The molecule has 1 aromatic heterocycles. The summed E-state index contributed by atoms with van der Waals surface area (Å²) in [4.78, 5) is 33.4. The Morgan fingerprint density at radius 1 is 0.972 bits per heavy atom. The van der Waals surface area contributed by atoms with Gasteiger partial charge in [-0.25, -0.2) is 9.78 Å². The molecule has 1 heterocycles. The lowest BCUT2D eigenvalue weighted by atomic mass is 10.0. The van der Waals surface area contributed by atoms with Crippen molar-refractivity contribution in [2.24, 2.45) is 0 Å². The quantitative estimate of drug-likeness (QED) is 0.222. The van der Waals surface area contributed by atoms with E-state index in [0.29, 0.717) is 18.7 Å². The van der Waals surface area contributed by atoms with Crippen LogP contribution >= 0.6 is 0 Å². The van der Waals surface area contributed by atoms with Gasteiger partial charge >= 0.3 is 6.09 Å². The zero-order valence-corrected chi connectivity index (χ0v) is 20.5. The van der Waals surface area contributed by atoms with Gasteiger partial charge in [0, 0.05) is 25.6 Å². The molecule has 186 valence electrons. The molecule has 4 aromatic rings. The Labute approximate surface area is 211 Å². The molecule has 0 fully saturated rings. The molecule has 0 radical (unpaired) electrons. The van der Waals surface area contributed by atoms with Gasteiger partial charge in [0.15, 0.2) is 0 Å². The smallest absolute Gasteiger partial charge is 0.408 e. The first-order valence-electron chi connectivity index (χ1n) is 12.3. The number of nitrogens with zero attached hydrogens (tertiary/aromatic N) is 2. The molecule has 0 aliphatic heterocycles. The van der Waals surface area contributed by atoms with Gasteiger partial charge in [-0.3, -0.25) is 9.69 Å². The van der Waals surface area contributed by atoms with Gasteiger partial charge < -0.3 is 15.4 Å². The summed E-state index contributed by atoms with van der Waals surface area (Å²) in [6.07, 6.45) is 4.25. The summed E-state index contributed by atoms with van der Waals surface area (Å²) in [5, 5.41) is 15.1. The molecule has 0 spiro atoms. The Kier molecular flexibility index (Phi) is 8.34. The van der Waals surface area contributed by atoms with Gasteiger partial charge in [0.05, 0.1) is 17.9 Å². The van der Waals surface area contributed by atoms with Gasteiger partial charge in [0.25, 0.3) is 0 Å². The number of carboxylic acid groups (broad SMARTS) is 1. The van der Waals surface area contributed by atoms with E-state index in [2.05, 4.69) is 39.6 Å². The average molecular weight is 485 g/mol. The maximum Gasteiger partial charge on any atom is 0.408 e. The predicted molar refractivity (Wildman–Crippen MR) is 141 cm³/mol. The SMILES string of the molecule is CNC(=O)CCCCC[C@@H](c1ncc(-c2ccc3ccccc3c2)[nH]1)N(Cc1ccccc1)C(=O)O. The minimum atomic E-state index is -0.988. The molecule has 0 aliphatic rings. The Morgan fingerprint density at radius 3 is 2.47 bits per heavy atom. The van der Waals surface area contributed by atoms with Crippen LogP contribution in [0.2, 0.25) is 0 Å². The Bertz CT molecular complexity index is 1300. The molecular weight excluding hydrogens is 452 g/mol. The summed E-state index contributed by atoms with van der Waals surface area (Å²) < 4.78 is 0. The van der Waals surface area contributed by atoms with Crippen molar-refractivity contribution >= 4 is 22.8 Å². The van der Waals surface area contributed by atoms with E-state index in [0.717, 1.165) is 46.9 Å². The van der Waals surface area contributed by atoms with Crippen LogP contribution in [-0.2, 0) is 11.3 Å². The number of amides is 2. The monoisotopic (exact) mass is 484 g/mol. The molecule has 0 saturated heterocycles. The zero-order valence-electron chi connectivity index (χ0n) is 20.5. The molecule has 1 atom stereocenters. The third-order valence-electron chi connectivity index (χ3n) is 6.45. The minimum absolute atomic E-state index is 0.0221. The van der Waals surface area contributed by atoms with E-state index in [9.17, 15) is 14.7 Å². The number of unbranched alkanes of at least 4 members (excludes halogenated alkanes) is 2. The van der Waals surface area contributed by atoms with Crippen LogP contribution in [0.5, 0.6) is 0 Å². The number of rotatable bonds is 11. The van der Waals surface area contributed by atoms with E-state index >= 15 is 0 Å². The van der Waals surface area contributed by atoms with Crippen LogP contribution in [0.4, 0.5) is 4.79 Å². The third kappa shape index (κ3) is 6.30. The first-order valence-corrected chi connectivity index (χ1v) is 12.3. The number of aromatic amines is 1. The van der Waals surface area contributed by atoms with Crippen molar-refractivity contribution in [1.29, 1.82) is 0 Å². The van der Waals surface area contributed by atoms with Gasteiger partial charge in [-0.2, -0.15) is 0 Å². The second-order valence-electron chi connectivity index (χ2n) is 8.93. The lowest BCUT2D eigenvalue weighted by Gasteiger charge is -2.28. The summed E-state index contributed by atoms with van der Waals surface area (Å²) in [6.45, 7) is 0.269. The largest absolute Gasteiger partial charge is 0.465 e. The first-order chi connectivity index (χ1) is 17.5. The van der Waals surface area contributed by atoms with E-state index in [1.807, 2.05) is 48.5 Å². The van der Waals surface area contributed by atoms with E-state index in [-0.39, 0.29) is 12.5 Å². The van der Waals surface area contributed by atoms with Crippen LogP contribution in [0.25, 0.3) is 22.0 Å². The Balaban J connectivity index is 1.57. The van der Waals surface area contributed by atoms with Crippen molar-refractivity contribution in [3.8, 4) is 11.3 Å². The maximum atomic E-state index is 12.4. The second kappa shape index (κ2) is 12.0. The third-order valence-corrected chi connectivity index (χ3v) is 6.45. The fraction of sp³-hybridized carbons (Fsp3) is 0.276. The fourth-order valence-electron chi connectivity index (χ4n) is 4.47. The van der Waals surface area contributed by atoms with Gasteiger partial charge in [0.1, 0.15) is 5.82 Å². The molecular formula is C29H32N4O3. The van der Waals surface area contributed by atoms with E-state index in [1.54, 1.807) is 13.2 Å². The van der Waals surface area contributed by atoms with Crippen molar-refractivity contribution in [2.45, 2.75) is 44.7 Å². The van der Waals surface area contributed by atoms with Crippen molar-refractivity contribution < 1.29 is 14.7 Å². The van der Waals surface area contributed by atoms with Gasteiger partial charge in [-0.05, 0) is 35.2 Å². The highest BCUT2D eigenvalue weighted by atomic mass is 16.4. The summed E-state index contributed by atoms with van der Waals surface area (Å²) >= 11 is 0. The summed E-state index contributed by atoms with van der Waals surface area (Å²) in [7, 11) is 1.64. The maximum absolute atomic E-state index is 12.4. The molecule has 3 N–H and O–H groups in total. The van der Waals surface area contributed by atoms with Crippen LogP contribution < -0.4 is 5.32 Å². The van der Waals surface area contributed by atoms with Crippen molar-refractivity contribution in [3.05, 3.63) is 90.4 Å². The number of hydrogen-bond donors (Lipinski definition) is 3. The molecule has 0 saturated carbocycles. The van der Waals surface area contributed by atoms with E-state index < -0.39 is 12.1 Å². The second-order valence-corrected chi connectivity index (χ2v) is 8.93. The summed E-state index contributed by atoms with van der Waals surface area (Å²) in [5.74, 6) is 0.650. The number of fused-ring (bicyclic) bond motifs is 1. The number of aromatic nitrogens is 2. The number of imidazole rings is 1. The number of benzene rings is 3. The lowest BCUT2D eigenvalue weighted by molar-refractivity contribution is -0.120. The topological polar surface area (TPSA) is 98.3 Å². The number of carbonyl (C=O) groups is 2. The van der Waals surface area contributed by atoms with Crippen molar-refractivity contribution in [1.82, 2.24) is 20.2 Å². The number of hydrogen-bond acceptors (Lipinski definition) is 3. The molecule has 4 rings (SSSR count). The molecule has 7 nitrogen and oxygen atoms in total. The molecule has 0 bridgehead atoms. The van der Waals surface area contributed by atoms with Gasteiger partial charge in [0.2, 0.25) is 5.91 Å². The van der Waals surface area contributed by atoms with E-state index in [1.165, 1.54) is 4.90 Å². The zero-order chi connectivity index (χ0) is 25.3. The highest BCUT2D eigenvalue weighted by Gasteiger charge is 2.27. The molecule has 7 heteroatoms. The highest BCUT2D eigenvalue weighted by molar-refractivity contribution is 5.86. The molecule has 2 amide bonds. The standard InChI is InChI=1S/C29H32N4O3/c1-30-27(34)15-7-3-6-14-26(33(29(35)36)20-21-10-4-2-5-11-21)28-31-19-25(32-28)24-17-16-22-12-8-9-13-23(22)18-24/h2,4-5,8-13,16-19,26H,3,6-7,14-15,20H2,1H3,(H,30,34)(H,31,32)(H,35,36)/t26-/m0/s1.